The quantitative estimate of drug-likeness (QED) is 0.575. The Morgan fingerprint density at radius 2 is 2.09 bits per heavy atom. The van der Waals surface area contributed by atoms with Crippen molar-refractivity contribution in [1.82, 2.24) is 5.32 Å². The first-order chi connectivity index (χ1) is 11.0. The van der Waals surface area contributed by atoms with Gasteiger partial charge in [-0.15, -0.1) is 11.3 Å². The van der Waals surface area contributed by atoms with Gasteiger partial charge in [0, 0.05) is 0 Å². The first kappa shape index (κ1) is 17.5. The monoisotopic (exact) mass is 397 g/mol. The summed E-state index contributed by atoms with van der Waals surface area (Å²) in [6, 6.07) is 11.1. The minimum absolute atomic E-state index is 0.307. The maximum Gasteiger partial charge on any atom is 0.348 e. The van der Waals surface area contributed by atoms with Gasteiger partial charge in [0.05, 0.1) is 10.3 Å². The van der Waals surface area contributed by atoms with Gasteiger partial charge in [-0.1, -0.05) is 12.1 Å². The number of benzene rings is 1. The summed E-state index contributed by atoms with van der Waals surface area (Å²) in [4.78, 5) is 23.7. The van der Waals surface area contributed by atoms with E-state index in [1.165, 1.54) is 11.3 Å². The second-order valence-electron chi connectivity index (χ2n) is 4.69. The molecule has 0 saturated heterocycles. The summed E-state index contributed by atoms with van der Waals surface area (Å²) in [7, 11) is 0. The molecule has 0 atom stereocenters. The molecule has 0 spiro atoms. The van der Waals surface area contributed by atoms with Gasteiger partial charge in [0.2, 0.25) is 0 Å². The summed E-state index contributed by atoms with van der Waals surface area (Å²) >= 11 is 4.52. The van der Waals surface area contributed by atoms with Crippen LogP contribution >= 0.6 is 27.3 Å². The smallest absolute Gasteiger partial charge is 0.348 e. The Kier molecular flexibility index (Phi) is 6.61. The lowest BCUT2D eigenvalue weighted by Crippen LogP contribution is -2.32. The van der Waals surface area contributed by atoms with Crippen LogP contribution in [0.1, 0.15) is 15.2 Å². The number of nitrogens with one attached hydrogen (secondary N) is 1. The number of rotatable bonds is 7. The Balaban J connectivity index is 1.62. The van der Waals surface area contributed by atoms with Crippen molar-refractivity contribution in [2.75, 3.05) is 19.8 Å². The number of carbonyl (C=O) groups is 2. The number of hydrogen-bond donors (Lipinski definition) is 1. The SMILES string of the molecule is Cc1cccc(OCCNC(=O)COC(=O)c2ccc(Br)s2)c1. The maximum atomic E-state index is 11.7. The van der Waals surface area contributed by atoms with Crippen LogP contribution in [0.3, 0.4) is 0 Å². The topological polar surface area (TPSA) is 64.6 Å². The van der Waals surface area contributed by atoms with Crippen LogP contribution in [0.5, 0.6) is 5.75 Å². The van der Waals surface area contributed by atoms with Crippen molar-refractivity contribution in [3.8, 4) is 5.75 Å². The van der Waals surface area contributed by atoms with E-state index in [4.69, 9.17) is 9.47 Å². The van der Waals surface area contributed by atoms with Crippen molar-refractivity contribution in [1.29, 1.82) is 0 Å². The highest BCUT2D eigenvalue weighted by molar-refractivity contribution is 9.11. The van der Waals surface area contributed by atoms with Gasteiger partial charge in [-0.2, -0.15) is 0 Å². The molecule has 1 aromatic heterocycles. The molecule has 1 aromatic carbocycles. The van der Waals surface area contributed by atoms with Crippen LogP contribution in [-0.4, -0.2) is 31.6 Å². The molecule has 0 unspecified atom stereocenters. The maximum absolute atomic E-state index is 11.7. The number of hydrogen-bond acceptors (Lipinski definition) is 5. The molecule has 1 amide bonds. The molecule has 0 bridgehead atoms. The van der Waals surface area contributed by atoms with Crippen molar-refractivity contribution in [3.63, 3.8) is 0 Å². The second kappa shape index (κ2) is 8.69. The highest BCUT2D eigenvalue weighted by Gasteiger charge is 2.12. The molecular weight excluding hydrogens is 382 g/mol. The van der Waals surface area contributed by atoms with Crippen LogP contribution in [-0.2, 0) is 9.53 Å². The van der Waals surface area contributed by atoms with Gasteiger partial charge >= 0.3 is 5.97 Å². The number of esters is 1. The van der Waals surface area contributed by atoms with Crippen molar-refractivity contribution in [2.45, 2.75) is 6.92 Å². The average Bonchev–Trinajstić information content (AvgIpc) is 2.96. The fourth-order valence-corrected chi connectivity index (χ4v) is 3.02. The van der Waals surface area contributed by atoms with Gasteiger partial charge in [-0.3, -0.25) is 4.79 Å². The predicted octanol–water partition coefficient (Wildman–Crippen LogP) is 3.17. The molecule has 0 fully saturated rings. The predicted molar refractivity (Wildman–Crippen MR) is 92.0 cm³/mol. The lowest BCUT2D eigenvalue weighted by Gasteiger charge is -2.08. The standard InChI is InChI=1S/C16H16BrNO4S/c1-11-3-2-4-12(9-11)21-8-7-18-15(19)10-22-16(20)13-5-6-14(17)23-13/h2-6,9H,7-8,10H2,1H3,(H,18,19). The molecular formula is C16H16BrNO4S. The zero-order valence-corrected chi connectivity index (χ0v) is 14.9. The van der Waals surface area contributed by atoms with Gasteiger partial charge in [-0.25, -0.2) is 4.79 Å². The Morgan fingerprint density at radius 1 is 1.26 bits per heavy atom. The summed E-state index contributed by atoms with van der Waals surface area (Å²) in [6.45, 7) is 2.36. The third-order valence-corrected chi connectivity index (χ3v) is 4.39. The van der Waals surface area contributed by atoms with Gasteiger partial charge in [-0.05, 0) is 52.7 Å². The van der Waals surface area contributed by atoms with Crippen molar-refractivity contribution >= 4 is 39.1 Å². The highest BCUT2D eigenvalue weighted by atomic mass is 79.9. The Bertz CT molecular complexity index is 686. The lowest BCUT2D eigenvalue weighted by atomic mass is 10.2. The minimum atomic E-state index is -0.508. The largest absolute Gasteiger partial charge is 0.492 e. The average molecular weight is 398 g/mol. The molecule has 0 radical (unpaired) electrons. The molecule has 5 nitrogen and oxygen atoms in total. The van der Waals surface area contributed by atoms with E-state index in [0.29, 0.717) is 18.0 Å². The molecule has 0 aliphatic heterocycles. The van der Waals surface area contributed by atoms with E-state index < -0.39 is 5.97 Å². The highest BCUT2D eigenvalue weighted by Crippen LogP contribution is 2.22. The molecule has 0 saturated carbocycles. The fourth-order valence-electron chi connectivity index (χ4n) is 1.74. The molecule has 2 rings (SSSR count). The molecule has 1 N–H and O–H groups in total. The third-order valence-electron chi connectivity index (χ3n) is 2.79. The number of aryl methyl sites for hydroxylation is 1. The van der Waals surface area contributed by atoms with E-state index in [0.717, 1.165) is 15.1 Å². The van der Waals surface area contributed by atoms with E-state index in [-0.39, 0.29) is 12.5 Å². The van der Waals surface area contributed by atoms with Crippen LogP contribution in [0.15, 0.2) is 40.2 Å². The number of thiophene rings is 1. The minimum Gasteiger partial charge on any atom is -0.492 e. The zero-order valence-electron chi connectivity index (χ0n) is 12.5. The van der Waals surface area contributed by atoms with Crippen LogP contribution in [0.25, 0.3) is 0 Å². The molecule has 2 aromatic rings. The molecule has 7 heteroatoms. The van der Waals surface area contributed by atoms with Crippen LogP contribution in [0.4, 0.5) is 0 Å². The van der Waals surface area contributed by atoms with Gasteiger partial charge in [0.1, 0.15) is 17.2 Å². The zero-order chi connectivity index (χ0) is 16.7. The lowest BCUT2D eigenvalue weighted by molar-refractivity contribution is -0.124. The number of amides is 1. The Hall–Kier alpha value is -1.86. The van der Waals surface area contributed by atoms with E-state index in [1.54, 1.807) is 12.1 Å². The van der Waals surface area contributed by atoms with Gasteiger partial charge < -0.3 is 14.8 Å². The first-order valence-corrected chi connectivity index (χ1v) is 8.54. The van der Waals surface area contributed by atoms with Gasteiger partial charge in [0.25, 0.3) is 5.91 Å². The second-order valence-corrected chi connectivity index (χ2v) is 7.16. The Labute approximate surface area is 146 Å². The summed E-state index contributed by atoms with van der Waals surface area (Å²) in [5.41, 5.74) is 1.11. The molecule has 23 heavy (non-hydrogen) atoms. The number of ether oxygens (including phenoxy) is 2. The normalized spacial score (nSPS) is 10.2. The summed E-state index contributed by atoms with van der Waals surface area (Å²) in [5.74, 6) is -0.109. The summed E-state index contributed by atoms with van der Waals surface area (Å²) < 4.78 is 11.3. The van der Waals surface area contributed by atoms with Crippen molar-refractivity contribution in [2.24, 2.45) is 0 Å². The summed E-state index contributed by atoms with van der Waals surface area (Å²) in [5, 5.41) is 2.63. The van der Waals surface area contributed by atoms with Crippen LogP contribution in [0.2, 0.25) is 0 Å². The third kappa shape index (κ3) is 6.03. The van der Waals surface area contributed by atoms with E-state index >= 15 is 0 Å². The van der Waals surface area contributed by atoms with Crippen molar-refractivity contribution in [3.05, 3.63) is 50.6 Å². The Morgan fingerprint density at radius 3 is 2.78 bits per heavy atom. The molecule has 0 aliphatic carbocycles. The van der Waals surface area contributed by atoms with Crippen LogP contribution < -0.4 is 10.1 Å². The summed E-state index contributed by atoms with van der Waals surface area (Å²) in [6.07, 6.45) is 0. The number of carbonyl (C=O) groups excluding carboxylic acids is 2. The fraction of sp³-hybridized carbons (Fsp3) is 0.250. The molecule has 0 aliphatic rings. The van der Waals surface area contributed by atoms with Crippen LogP contribution in [0, 0.1) is 6.92 Å². The van der Waals surface area contributed by atoms with Crippen molar-refractivity contribution < 1.29 is 19.1 Å². The first-order valence-electron chi connectivity index (χ1n) is 6.93. The molecule has 1 heterocycles. The van der Waals surface area contributed by atoms with E-state index in [1.807, 2.05) is 31.2 Å². The van der Waals surface area contributed by atoms with E-state index in [9.17, 15) is 9.59 Å². The molecule has 122 valence electrons. The van der Waals surface area contributed by atoms with Gasteiger partial charge in [0.15, 0.2) is 6.61 Å². The number of halogens is 1. The van der Waals surface area contributed by atoms with E-state index in [2.05, 4.69) is 21.2 Å².